The van der Waals surface area contributed by atoms with Gasteiger partial charge in [-0.2, -0.15) is 11.3 Å². The van der Waals surface area contributed by atoms with Gasteiger partial charge in [-0.15, -0.1) is 10.2 Å². The van der Waals surface area contributed by atoms with E-state index < -0.39 is 0 Å². The summed E-state index contributed by atoms with van der Waals surface area (Å²) in [5, 5.41) is 16.5. The smallest absolute Gasteiger partial charge is 0.323 e. The molecule has 1 aliphatic rings. The topological polar surface area (TPSA) is 67.4 Å². The molecule has 2 aromatic rings. The number of morpholine rings is 1. The number of aryl methyl sites for hydroxylation is 1. The zero-order chi connectivity index (χ0) is 15.4. The van der Waals surface area contributed by atoms with E-state index in [9.17, 15) is 4.79 Å². The second-order valence-corrected chi connectivity index (χ2v) is 6.89. The van der Waals surface area contributed by atoms with E-state index in [1.807, 2.05) is 11.4 Å². The van der Waals surface area contributed by atoms with Crippen LogP contribution in [0.2, 0.25) is 0 Å². The number of anilines is 1. The van der Waals surface area contributed by atoms with E-state index in [0.29, 0.717) is 24.8 Å². The van der Waals surface area contributed by atoms with E-state index in [2.05, 4.69) is 27.8 Å². The number of amides is 2. The zero-order valence-corrected chi connectivity index (χ0v) is 14.0. The summed E-state index contributed by atoms with van der Waals surface area (Å²) >= 11 is 3.08. The Labute approximate surface area is 137 Å². The highest BCUT2D eigenvalue weighted by atomic mass is 32.1. The van der Waals surface area contributed by atoms with Gasteiger partial charge in [0.15, 0.2) is 0 Å². The van der Waals surface area contributed by atoms with Crippen molar-refractivity contribution in [2.75, 3.05) is 25.0 Å². The van der Waals surface area contributed by atoms with E-state index in [-0.39, 0.29) is 12.1 Å². The Kier molecular flexibility index (Phi) is 5.01. The van der Waals surface area contributed by atoms with Gasteiger partial charge in [0.05, 0.1) is 13.2 Å². The molecule has 0 aliphatic carbocycles. The van der Waals surface area contributed by atoms with Gasteiger partial charge >= 0.3 is 6.03 Å². The first-order valence-electron chi connectivity index (χ1n) is 7.28. The lowest BCUT2D eigenvalue weighted by Crippen LogP contribution is -2.44. The molecular weight excluding hydrogens is 320 g/mol. The monoisotopic (exact) mass is 338 g/mol. The predicted octanol–water partition coefficient (Wildman–Crippen LogP) is 3.16. The highest BCUT2D eigenvalue weighted by Gasteiger charge is 2.26. The Morgan fingerprint density at radius 2 is 2.45 bits per heavy atom. The third-order valence-corrected chi connectivity index (χ3v) is 5.01. The molecule has 2 aromatic heterocycles. The normalized spacial score (nSPS) is 18.4. The summed E-state index contributed by atoms with van der Waals surface area (Å²) < 4.78 is 5.75. The number of nitrogens with one attached hydrogen (secondary N) is 1. The zero-order valence-electron chi connectivity index (χ0n) is 12.3. The molecule has 1 N–H and O–H groups in total. The van der Waals surface area contributed by atoms with Crippen molar-refractivity contribution in [1.82, 2.24) is 15.1 Å². The first-order chi connectivity index (χ1) is 10.8. The molecule has 8 heteroatoms. The van der Waals surface area contributed by atoms with Crippen molar-refractivity contribution in [3.05, 3.63) is 27.4 Å². The molecule has 0 spiro atoms. The van der Waals surface area contributed by atoms with Crippen molar-refractivity contribution in [1.29, 1.82) is 0 Å². The number of ether oxygens (including phenoxy) is 1. The van der Waals surface area contributed by atoms with Crippen molar-refractivity contribution in [3.8, 4) is 0 Å². The molecule has 1 aliphatic heterocycles. The molecule has 0 radical (unpaired) electrons. The third-order valence-electron chi connectivity index (χ3n) is 3.41. The minimum atomic E-state index is -0.136. The van der Waals surface area contributed by atoms with Crippen LogP contribution in [0, 0.1) is 0 Å². The highest BCUT2D eigenvalue weighted by molar-refractivity contribution is 7.15. The van der Waals surface area contributed by atoms with Crippen molar-refractivity contribution in [2.45, 2.75) is 25.9 Å². The van der Waals surface area contributed by atoms with Gasteiger partial charge < -0.3 is 9.64 Å². The number of urea groups is 1. The third kappa shape index (κ3) is 3.63. The average molecular weight is 338 g/mol. The fourth-order valence-electron chi connectivity index (χ4n) is 2.28. The van der Waals surface area contributed by atoms with Crippen LogP contribution in [-0.4, -0.2) is 40.8 Å². The Bertz CT molecular complexity index is 614. The number of hydrogen-bond donors (Lipinski definition) is 1. The molecule has 3 heterocycles. The van der Waals surface area contributed by atoms with Crippen LogP contribution in [0.5, 0.6) is 0 Å². The van der Waals surface area contributed by atoms with Crippen LogP contribution in [0.1, 0.15) is 30.0 Å². The van der Waals surface area contributed by atoms with E-state index in [1.165, 1.54) is 11.3 Å². The fourth-order valence-corrected chi connectivity index (χ4v) is 3.82. The minimum absolute atomic E-state index is 0.0455. The van der Waals surface area contributed by atoms with Gasteiger partial charge in [-0.1, -0.05) is 18.3 Å². The molecular formula is C14H18N4O2S2. The van der Waals surface area contributed by atoms with Gasteiger partial charge in [0, 0.05) is 13.0 Å². The number of rotatable bonds is 4. The summed E-state index contributed by atoms with van der Waals surface area (Å²) in [6, 6.07) is 1.90. The van der Waals surface area contributed by atoms with E-state index in [4.69, 9.17) is 4.74 Å². The van der Waals surface area contributed by atoms with Crippen molar-refractivity contribution >= 4 is 33.8 Å². The maximum atomic E-state index is 12.4. The molecule has 1 fully saturated rings. The standard InChI is InChI=1S/C14H18N4O2S2/c1-2-3-12-16-17-13(22-12)15-14(19)18-5-6-20-11(8-18)10-4-7-21-9-10/h4,7,9,11H,2-3,5-6,8H2,1H3,(H,15,17,19). The molecule has 1 unspecified atom stereocenters. The van der Waals surface area contributed by atoms with Gasteiger partial charge in [0.2, 0.25) is 5.13 Å². The molecule has 1 atom stereocenters. The lowest BCUT2D eigenvalue weighted by atomic mass is 10.1. The number of nitrogens with zero attached hydrogens (tertiary/aromatic N) is 3. The van der Waals surface area contributed by atoms with Crippen molar-refractivity contribution in [3.63, 3.8) is 0 Å². The molecule has 0 saturated carbocycles. The predicted molar refractivity (Wildman–Crippen MR) is 87.5 cm³/mol. The molecule has 0 aromatic carbocycles. The SMILES string of the molecule is CCCc1nnc(NC(=O)N2CCOC(c3ccsc3)C2)s1. The minimum Gasteiger partial charge on any atom is -0.370 e. The van der Waals surface area contributed by atoms with E-state index >= 15 is 0 Å². The second-order valence-electron chi connectivity index (χ2n) is 5.04. The molecule has 2 amide bonds. The Morgan fingerprint density at radius 3 is 3.23 bits per heavy atom. The van der Waals surface area contributed by atoms with Gasteiger partial charge in [0.1, 0.15) is 11.1 Å². The lowest BCUT2D eigenvalue weighted by Gasteiger charge is -2.32. The van der Waals surface area contributed by atoms with Crippen molar-refractivity contribution < 1.29 is 9.53 Å². The van der Waals surface area contributed by atoms with Crippen LogP contribution >= 0.6 is 22.7 Å². The fraction of sp³-hybridized carbons (Fsp3) is 0.500. The number of aromatic nitrogens is 2. The van der Waals surface area contributed by atoms with Crippen LogP contribution in [0.15, 0.2) is 16.8 Å². The summed E-state index contributed by atoms with van der Waals surface area (Å²) in [5.74, 6) is 0. The van der Waals surface area contributed by atoms with Crippen LogP contribution in [0.25, 0.3) is 0 Å². The average Bonchev–Trinajstić information content (AvgIpc) is 3.20. The van der Waals surface area contributed by atoms with Crippen LogP contribution in [0.4, 0.5) is 9.93 Å². The molecule has 22 heavy (non-hydrogen) atoms. The van der Waals surface area contributed by atoms with Gasteiger partial charge in [0.25, 0.3) is 0 Å². The molecule has 118 valence electrons. The molecule has 3 rings (SSSR count). The van der Waals surface area contributed by atoms with E-state index in [0.717, 1.165) is 23.4 Å². The summed E-state index contributed by atoms with van der Waals surface area (Å²) in [4.78, 5) is 14.1. The number of carbonyl (C=O) groups excluding carboxylic acids is 1. The van der Waals surface area contributed by atoms with Crippen molar-refractivity contribution in [2.24, 2.45) is 0 Å². The van der Waals surface area contributed by atoms with Gasteiger partial charge in [-0.3, -0.25) is 5.32 Å². The second kappa shape index (κ2) is 7.17. The number of thiophene rings is 1. The Balaban J connectivity index is 1.59. The summed E-state index contributed by atoms with van der Waals surface area (Å²) in [6.45, 7) is 3.79. The Morgan fingerprint density at radius 1 is 1.55 bits per heavy atom. The molecule has 0 bridgehead atoms. The first-order valence-corrected chi connectivity index (χ1v) is 9.04. The summed E-state index contributed by atoms with van der Waals surface area (Å²) in [7, 11) is 0. The highest BCUT2D eigenvalue weighted by Crippen LogP contribution is 2.25. The first kappa shape index (κ1) is 15.4. The lowest BCUT2D eigenvalue weighted by molar-refractivity contribution is -0.0132. The summed E-state index contributed by atoms with van der Waals surface area (Å²) in [6.07, 6.45) is 1.87. The van der Waals surface area contributed by atoms with Crippen LogP contribution in [0.3, 0.4) is 0 Å². The van der Waals surface area contributed by atoms with Crippen LogP contribution < -0.4 is 5.32 Å². The largest absolute Gasteiger partial charge is 0.370 e. The quantitative estimate of drug-likeness (QED) is 0.930. The van der Waals surface area contributed by atoms with E-state index in [1.54, 1.807) is 16.2 Å². The van der Waals surface area contributed by atoms with Crippen LogP contribution in [-0.2, 0) is 11.2 Å². The molecule has 1 saturated heterocycles. The van der Waals surface area contributed by atoms with Gasteiger partial charge in [-0.05, 0) is 28.8 Å². The Hall–Kier alpha value is -1.51. The molecule has 6 nitrogen and oxygen atoms in total. The maximum absolute atomic E-state index is 12.4. The maximum Gasteiger partial charge on any atom is 0.323 e. The number of carbonyl (C=O) groups is 1. The summed E-state index contributed by atoms with van der Waals surface area (Å²) in [5.41, 5.74) is 1.13. The number of hydrogen-bond acceptors (Lipinski definition) is 6. The van der Waals surface area contributed by atoms with Gasteiger partial charge in [-0.25, -0.2) is 4.79 Å².